The molecule has 0 aliphatic carbocycles. The van der Waals surface area contributed by atoms with Gasteiger partial charge in [-0.05, 0) is 103 Å². The molecule has 0 atom stereocenters. The van der Waals surface area contributed by atoms with Gasteiger partial charge >= 0.3 is 0 Å². The van der Waals surface area contributed by atoms with E-state index in [4.69, 9.17) is 14.8 Å². The number of fused-ring (bicyclic) bond motifs is 3. The summed E-state index contributed by atoms with van der Waals surface area (Å²) in [7, 11) is 0. The topological polar surface area (TPSA) is 44.9 Å². The second-order valence-electron chi connectivity index (χ2n) is 13.5. The van der Waals surface area contributed by atoms with E-state index in [0.717, 1.165) is 69.2 Å². The number of pyridine rings is 1. The first-order valence-corrected chi connectivity index (χ1v) is 17.4. The Morgan fingerprint density at radius 2 is 1.40 bits per heavy atom. The van der Waals surface area contributed by atoms with Gasteiger partial charge in [0.1, 0.15) is 17.3 Å². The molecule has 3 heterocycles. The lowest BCUT2D eigenvalue weighted by molar-refractivity contribution is 0.482. The second kappa shape index (κ2) is 13.2. The summed E-state index contributed by atoms with van der Waals surface area (Å²) in [5.74, 6) is 3.06. The second-order valence-corrected chi connectivity index (χ2v) is 13.5. The average molecular weight is 653 g/mol. The van der Waals surface area contributed by atoms with Crippen LogP contribution in [0.2, 0.25) is 0 Å². The molecule has 5 nitrogen and oxygen atoms in total. The van der Waals surface area contributed by atoms with Crippen LogP contribution in [0.1, 0.15) is 37.2 Å². The predicted octanol–water partition coefficient (Wildman–Crippen LogP) is 11.7. The molecule has 5 aromatic carbocycles. The molecular formula is C45H40N4O. The molecular weight excluding hydrogens is 613 g/mol. The van der Waals surface area contributed by atoms with Crippen LogP contribution in [0.4, 0.5) is 0 Å². The number of nitrogens with zero attached hydrogens (tertiary/aromatic N) is 4. The average Bonchev–Trinajstić information content (AvgIpc) is 3.63. The number of rotatable bonds is 9. The van der Waals surface area contributed by atoms with Crippen molar-refractivity contribution in [2.75, 3.05) is 0 Å². The molecule has 0 bridgehead atoms. The van der Waals surface area contributed by atoms with Crippen molar-refractivity contribution in [3.63, 3.8) is 0 Å². The smallest absolute Gasteiger partial charge is 0.137 e. The SMILES string of the molecule is Cc1nn(-c2cccc(Oc3ccc4c5cc(-c6ccccc6)ccc5n(-c5cc(CCC(C)C)ccn5)c4c3)c2)c(C)c1-c1ccccc1. The van der Waals surface area contributed by atoms with E-state index >= 15 is 0 Å². The molecule has 246 valence electrons. The molecule has 8 rings (SSSR count). The van der Waals surface area contributed by atoms with E-state index in [-0.39, 0.29) is 0 Å². The largest absolute Gasteiger partial charge is 0.457 e. The summed E-state index contributed by atoms with van der Waals surface area (Å²) in [6, 6.07) is 46.7. The van der Waals surface area contributed by atoms with Crippen molar-refractivity contribution in [2.24, 2.45) is 5.92 Å². The summed E-state index contributed by atoms with van der Waals surface area (Å²) in [6.07, 6.45) is 4.10. The summed E-state index contributed by atoms with van der Waals surface area (Å²) >= 11 is 0. The highest BCUT2D eigenvalue weighted by atomic mass is 16.5. The van der Waals surface area contributed by atoms with Gasteiger partial charge in [-0.2, -0.15) is 5.10 Å². The third-order valence-electron chi connectivity index (χ3n) is 9.55. The van der Waals surface area contributed by atoms with E-state index in [1.54, 1.807) is 0 Å². The van der Waals surface area contributed by atoms with Gasteiger partial charge in [-0.15, -0.1) is 0 Å². The standard InChI is InChI=1S/C45H40N4O/c1-30(2)18-19-33-24-25-46-44(26-33)48-42-23-20-36(34-12-7-5-8-13-34)27-41(42)40-22-21-39(29-43(40)48)50-38-17-11-16-37(28-38)49-32(4)45(31(3)47-49)35-14-9-6-10-15-35/h5-17,20-30H,18-19H2,1-4H3. The van der Waals surface area contributed by atoms with Crippen molar-refractivity contribution in [1.82, 2.24) is 19.3 Å². The van der Waals surface area contributed by atoms with E-state index in [2.05, 4.69) is 148 Å². The fourth-order valence-electron chi connectivity index (χ4n) is 7.05. The number of hydrogen-bond acceptors (Lipinski definition) is 3. The van der Waals surface area contributed by atoms with Crippen LogP contribution < -0.4 is 4.74 Å². The minimum absolute atomic E-state index is 0.640. The highest BCUT2D eigenvalue weighted by Crippen LogP contribution is 2.38. The van der Waals surface area contributed by atoms with Gasteiger partial charge in [0.05, 0.1) is 22.4 Å². The molecule has 5 heteroatoms. The lowest BCUT2D eigenvalue weighted by Gasteiger charge is -2.12. The Morgan fingerprint density at radius 3 is 2.18 bits per heavy atom. The van der Waals surface area contributed by atoms with Crippen molar-refractivity contribution < 1.29 is 4.74 Å². The van der Waals surface area contributed by atoms with Crippen LogP contribution >= 0.6 is 0 Å². The van der Waals surface area contributed by atoms with Gasteiger partial charge in [-0.1, -0.05) is 86.6 Å². The predicted molar refractivity (Wildman–Crippen MR) is 206 cm³/mol. The van der Waals surface area contributed by atoms with Crippen LogP contribution in [0.15, 0.2) is 140 Å². The molecule has 0 aliphatic rings. The molecule has 3 aromatic heterocycles. The molecule has 0 radical (unpaired) electrons. The molecule has 0 fully saturated rings. The third-order valence-corrected chi connectivity index (χ3v) is 9.55. The highest BCUT2D eigenvalue weighted by Gasteiger charge is 2.18. The molecule has 8 aromatic rings. The Bertz CT molecular complexity index is 2460. The first-order chi connectivity index (χ1) is 24.4. The molecule has 0 saturated carbocycles. The zero-order valence-corrected chi connectivity index (χ0v) is 29.0. The van der Waals surface area contributed by atoms with E-state index in [1.165, 1.54) is 27.6 Å². The van der Waals surface area contributed by atoms with E-state index in [9.17, 15) is 0 Å². The van der Waals surface area contributed by atoms with Gasteiger partial charge in [-0.3, -0.25) is 4.57 Å². The first-order valence-electron chi connectivity index (χ1n) is 17.4. The van der Waals surface area contributed by atoms with Gasteiger partial charge in [0.2, 0.25) is 0 Å². The minimum atomic E-state index is 0.640. The first kappa shape index (κ1) is 31.3. The van der Waals surface area contributed by atoms with Crippen molar-refractivity contribution in [3.05, 3.63) is 157 Å². The van der Waals surface area contributed by atoms with E-state index in [1.807, 2.05) is 29.1 Å². The van der Waals surface area contributed by atoms with Crippen LogP contribution in [-0.2, 0) is 6.42 Å². The maximum absolute atomic E-state index is 6.60. The molecule has 0 N–H and O–H groups in total. The van der Waals surface area contributed by atoms with E-state index < -0.39 is 0 Å². The van der Waals surface area contributed by atoms with Crippen LogP contribution in [0.25, 0.3) is 55.6 Å². The molecule has 50 heavy (non-hydrogen) atoms. The molecule has 0 spiro atoms. The van der Waals surface area contributed by atoms with Gasteiger partial charge in [0.25, 0.3) is 0 Å². The quantitative estimate of drug-likeness (QED) is 0.156. The summed E-state index contributed by atoms with van der Waals surface area (Å²) in [5, 5.41) is 7.26. The zero-order chi connectivity index (χ0) is 34.2. The molecule has 0 aliphatic heterocycles. The lowest BCUT2D eigenvalue weighted by atomic mass is 10.0. The van der Waals surface area contributed by atoms with Gasteiger partial charge in [-0.25, -0.2) is 9.67 Å². The number of ether oxygens (including phenoxy) is 1. The molecule has 0 saturated heterocycles. The maximum atomic E-state index is 6.60. The van der Waals surface area contributed by atoms with Crippen LogP contribution in [-0.4, -0.2) is 19.3 Å². The van der Waals surface area contributed by atoms with Crippen LogP contribution in [0.5, 0.6) is 11.5 Å². The summed E-state index contributed by atoms with van der Waals surface area (Å²) in [4.78, 5) is 4.90. The lowest BCUT2D eigenvalue weighted by Crippen LogP contribution is -2.00. The Kier molecular flexibility index (Phi) is 8.25. The normalized spacial score (nSPS) is 11.5. The minimum Gasteiger partial charge on any atom is -0.457 e. The van der Waals surface area contributed by atoms with Gasteiger partial charge < -0.3 is 4.74 Å². The Hall–Kier alpha value is -5.94. The maximum Gasteiger partial charge on any atom is 0.137 e. The van der Waals surface area contributed by atoms with Crippen molar-refractivity contribution >= 4 is 21.8 Å². The molecule has 0 amide bonds. The Balaban J connectivity index is 1.21. The van der Waals surface area contributed by atoms with Crippen LogP contribution in [0.3, 0.4) is 0 Å². The number of aromatic nitrogens is 4. The van der Waals surface area contributed by atoms with Crippen molar-refractivity contribution in [2.45, 2.75) is 40.5 Å². The Morgan fingerprint density at radius 1 is 0.640 bits per heavy atom. The highest BCUT2D eigenvalue weighted by molar-refractivity contribution is 6.10. The fraction of sp³-hybridized carbons (Fsp3) is 0.156. The summed E-state index contributed by atoms with van der Waals surface area (Å²) in [5.41, 5.74) is 11.2. The summed E-state index contributed by atoms with van der Waals surface area (Å²) in [6.45, 7) is 8.74. The number of benzene rings is 5. The van der Waals surface area contributed by atoms with Crippen LogP contribution in [0, 0.1) is 19.8 Å². The number of hydrogen-bond donors (Lipinski definition) is 0. The van der Waals surface area contributed by atoms with Gasteiger partial charge in [0, 0.05) is 40.4 Å². The zero-order valence-electron chi connectivity index (χ0n) is 29.0. The monoisotopic (exact) mass is 652 g/mol. The fourth-order valence-corrected chi connectivity index (χ4v) is 7.05. The third kappa shape index (κ3) is 5.96. The van der Waals surface area contributed by atoms with Gasteiger partial charge in [0.15, 0.2) is 0 Å². The number of aryl methyl sites for hydroxylation is 2. The van der Waals surface area contributed by atoms with Crippen molar-refractivity contribution in [3.8, 4) is 45.3 Å². The van der Waals surface area contributed by atoms with E-state index in [0.29, 0.717) is 5.92 Å². The summed E-state index contributed by atoms with van der Waals surface area (Å²) < 4.78 is 10.9. The molecule has 0 unspecified atom stereocenters. The van der Waals surface area contributed by atoms with Crippen molar-refractivity contribution in [1.29, 1.82) is 0 Å². The Labute approximate surface area is 293 Å².